The number of hydrogen-bond donors (Lipinski definition) is 1. The normalized spacial score (nSPS) is 10.5. The Bertz CT molecular complexity index is 506. The van der Waals surface area contributed by atoms with Crippen LogP contribution in [0.25, 0.3) is 0 Å². The first kappa shape index (κ1) is 11.5. The Morgan fingerprint density at radius 2 is 2.18 bits per heavy atom. The summed E-state index contributed by atoms with van der Waals surface area (Å²) in [5.74, 6) is 1.73. The van der Waals surface area contributed by atoms with E-state index in [4.69, 9.17) is 14.9 Å². The van der Waals surface area contributed by atoms with E-state index in [0.29, 0.717) is 0 Å². The van der Waals surface area contributed by atoms with Gasteiger partial charge in [0, 0.05) is 6.42 Å². The molecule has 0 amide bonds. The number of hydrogen-bond acceptors (Lipinski definition) is 4. The van der Waals surface area contributed by atoms with E-state index < -0.39 is 0 Å². The van der Waals surface area contributed by atoms with E-state index in [1.54, 1.807) is 13.3 Å². The van der Waals surface area contributed by atoms with Gasteiger partial charge in [-0.3, -0.25) is 0 Å². The highest BCUT2D eigenvalue weighted by atomic mass is 16.5. The lowest BCUT2D eigenvalue weighted by molar-refractivity contribution is 0.411. The molecule has 1 heterocycles. The van der Waals surface area contributed by atoms with Crippen LogP contribution in [0.15, 0.2) is 28.8 Å². The van der Waals surface area contributed by atoms with Gasteiger partial charge in [-0.25, -0.2) is 4.98 Å². The Morgan fingerprint density at radius 3 is 2.76 bits per heavy atom. The number of aromatic nitrogens is 1. The van der Waals surface area contributed by atoms with Crippen LogP contribution < -0.4 is 10.5 Å². The number of nitrogens with two attached hydrogens (primary N) is 1. The van der Waals surface area contributed by atoms with Gasteiger partial charge in [-0.1, -0.05) is 12.1 Å². The lowest BCUT2D eigenvalue weighted by atomic mass is 10.1. The summed E-state index contributed by atoms with van der Waals surface area (Å²) >= 11 is 0. The number of aryl methyl sites for hydroxylation is 3. The van der Waals surface area contributed by atoms with Crippen LogP contribution in [0.1, 0.15) is 16.9 Å². The molecule has 0 aliphatic heterocycles. The quantitative estimate of drug-likeness (QED) is 0.879. The minimum Gasteiger partial charge on any atom is -0.496 e. The topological polar surface area (TPSA) is 61.3 Å². The summed E-state index contributed by atoms with van der Waals surface area (Å²) in [6.45, 7) is 2.04. The van der Waals surface area contributed by atoms with Crippen LogP contribution in [0, 0.1) is 6.92 Å². The minimum absolute atomic E-state index is 0.228. The fraction of sp³-hybridized carbons (Fsp3) is 0.308. The van der Waals surface area contributed by atoms with Gasteiger partial charge in [0.25, 0.3) is 6.01 Å². The van der Waals surface area contributed by atoms with Crippen molar-refractivity contribution < 1.29 is 9.15 Å². The Hall–Kier alpha value is -1.97. The van der Waals surface area contributed by atoms with E-state index in [9.17, 15) is 0 Å². The molecule has 0 saturated heterocycles. The largest absolute Gasteiger partial charge is 0.496 e. The Kier molecular flexibility index (Phi) is 3.32. The molecule has 0 aliphatic carbocycles. The zero-order chi connectivity index (χ0) is 12.3. The zero-order valence-corrected chi connectivity index (χ0v) is 10.1. The van der Waals surface area contributed by atoms with Crippen LogP contribution in [0.3, 0.4) is 0 Å². The van der Waals surface area contributed by atoms with E-state index in [2.05, 4.69) is 17.1 Å². The van der Waals surface area contributed by atoms with Crippen LogP contribution in [-0.2, 0) is 12.8 Å². The number of oxazole rings is 1. The van der Waals surface area contributed by atoms with Gasteiger partial charge in [0.15, 0.2) is 0 Å². The highest BCUT2D eigenvalue weighted by Crippen LogP contribution is 2.19. The molecular weight excluding hydrogens is 216 g/mol. The smallest absolute Gasteiger partial charge is 0.292 e. The summed E-state index contributed by atoms with van der Waals surface area (Å²) in [7, 11) is 1.68. The predicted molar refractivity (Wildman–Crippen MR) is 66.1 cm³/mol. The number of nitrogens with zero attached hydrogens (tertiary/aromatic N) is 1. The summed E-state index contributed by atoms with van der Waals surface area (Å²) in [5.41, 5.74) is 7.80. The van der Waals surface area contributed by atoms with Gasteiger partial charge in [-0.15, -0.1) is 0 Å². The van der Waals surface area contributed by atoms with E-state index in [0.717, 1.165) is 29.9 Å². The molecule has 0 saturated carbocycles. The zero-order valence-electron chi connectivity index (χ0n) is 10.1. The number of benzene rings is 1. The second kappa shape index (κ2) is 4.91. The molecule has 0 bridgehead atoms. The first-order chi connectivity index (χ1) is 8.19. The molecule has 4 heteroatoms. The maximum absolute atomic E-state index is 5.42. The maximum atomic E-state index is 5.42. The Labute approximate surface area is 100 Å². The molecule has 0 unspecified atom stereocenters. The number of anilines is 1. The van der Waals surface area contributed by atoms with Gasteiger partial charge < -0.3 is 14.9 Å². The van der Waals surface area contributed by atoms with Gasteiger partial charge in [0.2, 0.25) is 0 Å². The lowest BCUT2D eigenvalue weighted by Crippen LogP contribution is -1.93. The number of nitrogen functional groups attached to an aromatic ring is 1. The molecule has 17 heavy (non-hydrogen) atoms. The van der Waals surface area contributed by atoms with Crippen molar-refractivity contribution in [3.63, 3.8) is 0 Å². The Morgan fingerprint density at radius 1 is 1.35 bits per heavy atom. The SMILES string of the molecule is COc1ccc(CCc2cnc(N)o2)cc1C. The van der Waals surface area contributed by atoms with Crippen LogP contribution in [0.4, 0.5) is 6.01 Å². The third-order valence-corrected chi connectivity index (χ3v) is 2.69. The molecule has 4 nitrogen and oxygen atoms in total. The molecule has 0 spiro atoms. The van der Waals surface area contributed by atoms with Crippen LogP contribution >= 0.6 is 0 Å². The van der Waals surface area contributed by atoms with Crippen LogP contribution in [0.5, 0.6) is 5.75 Å². The lowest BCUT2D eigenvalue weighted by Gasteiger charge is -2.06. The number of rotatable bonds is 4. The summed E-state index contributed by atoms with van der Waals surface area (Å²) in [5, 5.41) is 0. The average molecular weight is 232 g/mol. The van der Waals surface area contributed by atoms with Crippen molar-refractivity contribution in [1.29, 1.82) is 0 Å². The fourth-order valence-electron chi connectivity index (χ4n) is 1.80. The molecule has 0 atom stereocenters. The van der Waals surface area contributed by atoms with Crippen molar-refractivity contribution in [2.75, 3.05) is 12.8 Å². The molecule has 2 rings (SSSR count). The van der Waals surface area contributed by atoms with Gasteiger partial charge in [0.05, 0.1) is 13.3 Å². The molecule has 0 radical (unpaired) electrons. The van der Waals surface area contributed by atoms with Crippen LogP contribution in [-0.4, -0.2) is 12.1 Å². The Balaban J connectivity index is 2.02. The molecule has 90 valence electrons. The highest BCUT2D eigenvalue weighted by Gasteiger charge is 2.03. The van der Waals surface area contributed by atoms with Gasteiger partial charge in [-0.2, -0.15) is 0 Å². The van der Waals surface area contributed by atoms with E-state index in [1.165, 1.54) is 5.56 Å². The molecule has 0 aliphatic rings. The molecule has 1 aromatic carbocycles. The van der Waals surface area contributed by atoms with E-state index >= 15 is 0 Å². The van der Waals surface area contributed by atoms with Crippen molar-refractivity contribution in [2.45, 2.75) is 19.8 Å². The molecule has 1 aromatic heterocycles. The number of methoxy groups -OCH3 is 1. The molecular formula is C13H16N2O2. The van der Waals surface area contributed by atoms with Gasteiger partial charge in [0.1, 0.15) is 11.5 Å². The average Bonchev–Trinajstić information content (AvgIpc) is 2.73. The molecule has 0 fully saturated rings. The molecule has 2 aromatic rings. The first-order valence-corrected chi connectivity index (χ1v) is 5.52. The third kappa shape index (κ3) is 2.78. The van der Waals surface area contributed by atoms with Crippen LogP contribution in [0.2, 0.25) is 0 Å². The fourth-order valence-corrected chi connectivity index (χ4v) is 1.80. The van der Waals surface area contributed by atoms with Crippen molar-refractivity contribution in [3.05, 3.63) is 41.3 Å². The van der Waals surface area contributed by atoms with Crippen molar-refractivity contribution in [1.82, 2.24) is 4.98 Å². The van der Waals surface area contributed by atoms with Crippen molar-refractivity contribution in [3.8, 4) is 5.75 Å². The van der Waals surface area contributed by atoms with Gasteiger partial charge in [-0.05, 0) is 30.5 Å². The highest BCUT2D eigenvalue weighted by molar-refractivity contribution is 5.36. The van der Waals surface area contributed by atoms with Crippen molar-refractivity contribution in [2.24, 2.45) is 0 Å². The number of ether oxygens (including phenoxy) is 1. The minimum atomic E-state index is 0.228. The first-order valence-electron chi connectivity index (χ1n) is 5.52. The second-order valence-electron chi connectivity index (χ2n) is 3.97. The summed E-state index contributed by atoms with van der Waals surface area (Å²) in [6.07, 6.45) is 3.38. The van der Waals surface area contributed by atoms with Gasteiger partial charge >= 0.3 is 0 Å². The standard InChI is InChI=1S/C13H16N2O2/c1-9-7-10(4-6-12(9)16-2)3-5-11-8-15-13(14)17-11/h4,6-8H,3,5H2,1-2H3,(H2,14,15). The van der Waals surface area contributed by atoms with E-state index in [1.807, 2.05) is 13.0 Å². The summed E-state index contributed by atoms with van der Waals surface area (Å²) in [6, 6.07) is 6.40. The predicted octanol–water partition coefficient (Wildman–Crippen LogP) is 2.36. The van der Waals surface area contributed by atoms with Crippen molar-refractivity contribution >= 4 is 6.01 Å². The van der Waals surface area contributed by atoms with E-state index in [-0.39, 0.29) is 6.01 Å². The maximum Gasteiger partial charge on any atom is 0.292 e. The summed E-state index contributed by atoms with van der Waals surface area (Å²) in [4.78, 5) is 3.86. The second-order valence-corrected chi connectivity index (χ2v) is 3.97. The molecule has 2 N–H and O–H groups in total. The summed E-state index contributed by atoms with van der Waals surface area (Å²) < 4.78 is 10.4. The monoisotopic (exact) mass is 232 g/mol. The third-order valence-electron chi connectivity index (χ3n) is 2.69.